The fourth-order valence-electron chi connectivity index (χ4n) is 1.31. The Labute approximate surface area is 114 Å². The van der Waals surface area contributed by atoms with Crippen molar-refractivity contribution in [2.45, 2.75) is 6.18 Å². The summed E-state index contributed by atoms with van der Waals surface area (Å²) in [7, 11) is -1.91. The molecule has 20 heavy (non-hydrogen) atoms. The minimum absolute atomic E-state index is 0.0999. The van der Waals surface area contributed by atoms with Crippen molar-refractivity contribution in [3.05, 3.63) is 29.8 Å². The molecule has 1 rings (SSSR count). The molecule has 0 unspecified atom stereocenters. The fraction of sp³-hybridized carbons (Fsp3) is 0.273. The van der Waals surface area contributed by atoms with E-state index in [1.807, 2.05) is 0 Å². The van der Waals surface area contributed by atoms with Gasteiger partial charge < -0.3 is 10.4 Å². The summed E-state index contributed by atoms with van der Waals surface area (Å²) < 4.78 is 48.5. The van der Waals surface area contributed by atoms with Gasteiger partial charge in [0.2, 0.25) is 5.91 Å². The number of carbonyl (C=O) groups excluding carboxylic acids is 1. The second-order valence-electron chi connectivity index (χ2n) is 3.75. The van der Waals surface area contributed by atoms with E-state index in [9.17, 15) is 27.0 Å². The quantitative estimate of drug-likeness (QED) is 0.863. The summed E-state index contributed by atoms with van der Waals surface area (Å²) >= 11 is 0. The lowest BCUT2D eigenvalue weighted by Gasteiger charge is -2.09. The van der Waals surface area contributed by atoms with E-state index in [-0.39, 0.29) is 5.69 Å². The van der Waals surface area contributed by atoms with Crippen molar-refractivity contribution in [1.82, 2.24) is 0 Å². The predicted molar refractivity (Wildman–Crippen MR) is 65.6 cm³/mol. The normalized spacial score (nSPS) is 12.8. The zero-order chi connectivity index (χ0) is 15.3. The van der Waals surface area contributed by atoms with Gasteiger partial charge in [-0.3, -0.25) is 13.8 Å². The van der Waals surface area contributed by atoms with Gasteiger partial charge in [-0.25, -0.2) is 0 Å². The molecule has 5 nitrogen and oxygen atoms in total. The fourth-order valence-corrected chi connectivity index (χ4v) is 2.05. The molecular formula is C11H10F3NO4S. The van der Waals surface area contributed by atoms with Crippen LogP contribution in [0.5, 0.6) is 0 Å². The third kappa shape index (κ3) is 5.39. The lowest BCUT2D eigenvalue weighted by atomic mass is 10.2. The molecule has 0 aliphatic carbocycles. The first-order chi connectivity index (χ1) is 9.18. The number of aliphatic carboxylic acids is 1. The Kier molecular flexibility index (Phi) is 5.26. The molecule has 0 spiro atoms. The third-order valence-electron chi connectivity index (χ3n) is 2.05. The highest BCUT2D eigenvalue weighted by atomic mass is 32.2. The number of nitrogens with one attached hydrogen (secondary N) is 1. The number of benzene rings is 1. The maximum atomic E-state index is 12.4. The Morgan fingerprint density at radius 2 is 1.90 bits per heavy atom. The van der Waals surface area contributed by atoms with E-state index >= 15 is 0 Å². The smallest absolute Gasteiger partial charge is 0.416 e. The summed E-state index contributed by atoms with van der Waals surface area (Å²) in [6.45, 7) is 0. The molecule has 1 amide bonds. The van der Waals surface area contributed by atoms with Crippen molar-refractivity contribution >= 4 is 28.4 Å². The second-order valence-corrected chi connectivity index (χ2v) is 5.21. The number of halogens is 3. The van der Waals surface area contributed by atoms with Crippen LogP contribution in [0.25, 0.3) is 0 Å². The van der Waals surface area contributed by atoms with Crippen LogP contribution in [-0.4, -0.2) is 32.7 Å². The number of carbonyl (C=O) groups is 2. The SMILES string of the molecule is O=C(O)C[S@](=O)CC(=O)Nc1cccc(C(F)(F)F)c1. The molecule has 0 saturated carbocycles. The zero-order valence-electron chi connectivity index (χ0n) is 9.94. The van der Waals surface area contributed by atoms with Crippen LogP contribution in [0.4, 0.5) is 18.9 Å². The van der Waals surface area contributed by atoms with E-state index in [2.05, 4.69) is 5.32 Å². The Morgan fingerprint density at radius 1 is 1.25 bits per heavy atom. The summed E-state index contributed by atoms with van der Waals surface area (Å²) in [5, 5.41) is 10.5. The van der Waals surface area contributed by atoms with Gasteiger partial charge in [0.15, 0.2) is 0 Å². The molecular weight excluding hydrogens is 299 g/mol. The van der Waals surface area contributed by atoms with Crippen LogP contribution in [0.1, 0.15) is 5.56 Å². The van der Waals surface area contributed by atoms with Crippen molar-refractivity contribution in [1.29, 1.82) is 0 Å². The predicted octanol–water partition coefficient (Wildman–Crippen LogP) is 1.48. The van der Waals surface area contributed by atoms with Gasteiger partial charge in [-0.2, -0.15) is 13.2 Å². The minimum Gasteiger partial charge on any atom is -0.481 e. The number of amides is 1. The first kappa shape index (κ1) is 16.2. The van der Waals surface area contributed by atoms with Gasteiger partial charge >= 0.3 is 12.1 Å². The van der Waals surface area contributed by atoms with Crippen molar-refractivity contribution in [3.8, 4) is 0 Å². The molecule has 0 radical (unpaired) electrons. The van der Waals surface area contributed by atoms with Gasteiger partial charge in [-0.1, -0.05) is 6.07 Å². The van der Waals surface area contributed by atoms with E-state index in [4.69, 9.17) is 5.11 Å². The number of hydrogen-bond donors (Lipinski definition) is 2. The lowest BCUT2D eigenvalue weighted by molar-refractivity contribution is -0.137. The van der Waals surface area contributed by atoms with E-state index < -0.39 is 45.9 Å². The van der Waals surface area contributed by atoms with Crippen LogP contribution in [0.3, 0.4) is 0 Å². The standard InChI is InChI=1S/C11H10F3NO4S/c12-11(13,14)7-2-1-3-8(4-7)15-9(16)5-20(19)6-10(17)18/h1-4H,5-6H2,(H,15,16)(H,17,18)/t20-/m1/s1. The highest BCUT2D eigenvalue weighted by Crippen LogP contribution is 2.30. The minimum atomic E-state index is -4.53. The first-order valence-corrected chi connectivity index (χ1v) is 6.71. The molecule has 1 aromatic rings. The number of anilines is 1. The Bertz CT molecular complexity index is 545. The van der Waals surface area contributed by atoms with E-state index in [1.54, 1.807) is 0 Å². The van der Waals surface area contributed by atoms with Crippen LogP contribution < -0.4 is 5.32 Å². The van der Waals surface area contributed by atoms with Crippen LogP contribution >= 0.6 is 0 Å². The van der Waals surface area contributed by atoms with Gasteiger partial charge in [0.05, 0.1) is 5.56 Å². The van der Waals surface area contributed by atoms with Crippen LogP contribution in [0.15, 0.2) is 24.3 Å². The molecule has 9 heteroatoms. The summed E-state index contributed by atoms with van der Waals surface area (Å²) in [6, 6.07) is 3.94. The largest absolute Gasteiger partial charge is 0.481 e. The third-order valence-corrected chi connectivity index (χ3v) is 3.20. The maximum absolute atomic E-state index is 12.4. The zero-order valence-corrected chi connectivity index (χ0v) is 10.8. The first-order valence-electron chi connectivity index (χ1n) is 5.22. The van der Waals surface area contributed by atoms with Crippen LogP contribution in [-0.2, 0) is 26.6 Å². The lowest BCUT2D eigenvalue weighted by Crippen LogP contribution is -2.23. The summed E-state index contributed by atoms with van der Waals surface area (Å²) in [5.41, 5.74) is -1.03. The molecule has 110 valence electrons. The monoisotopic (exact) mass is 309 g/mol. The summed E-state index contributed by atoms with van der Waals surface area (Å²) in [4.78, 5) is 21.6. The maximum Gasteiger partial charge on any atom is 0.416 e. The van der Waals surface area contributed by atoms with Crippen LogP contribution in [0, 0.1) is 0 Å². The molecule has 0 aromatic heterocycles. The Morgan fingerprint density at radius 3 is 2.45 bits per heavy atom. The van der Waals surface area contributed by atoms with Gasteiger partial charge in [0, 0.05) is 16.5 Å². The number of carboxylic acids is 1. The number of rotatable bonds is 5. The van der Waals surface area contributed by atoms with Gasteiger partial charge in [0.1, 0.15) is 11.5 Å². The highest BCUT2D eigenvalue weighted by Gasteiger charge is 2.30. The molecule has 0 heterocycles. The highest BCUT2D eigenvalue weighted by molar-refractivity contribution is 7.86. The number of carboxylic acid groups (broad SMARTS) is 1. The molecule has 0 aliphatic rings. The van der Waals surface area contributed by atoms with Gasteiger partial charge in [-0.15, -0.1) is 0 Å². The van der Waals surface area contributed by atoms with Crippen molar-refractivity contribution in [2.24, 2.45) is 0 Å². The second kappa shape index (κ2) is 6.51. The van der Waals surface area contributed by atoms with Gasteiger partial charge in [0.25, 0.3) is 0 Å². The molecule has 0 saturated heterocycles. The average Bonchev–Trinajstić information content (AvgIpc) is 2.26. The molecule has 2 N–H and O–H groups in total. The number of hydrogen-bond acceptors (Lipinski definition) is 3. The average molecular weight is 309 g/mol. The number of alkyl halides is 3. The van der Waals surface area contributed by atoms with Crippen LogP contribution in [0.2, 0.25) is 0 Å². The topological polar surface area (TPSA) is 83.5 Å². The Hall–Kier alpha value is -1.90. The van der Waals surface area contributed by atoms with Crippen molar-refractivity contribution < 1.29 is 32.1 Å². The molecule has 0 bridgehead atoms. The molecule has 1 atom stereocenters. The van der Waals surface area contributed by atoms with Crippen molar-refractivity contribution in [3.63, 3.8) is 0 Å². The van der Waals surface area contributed by atoms with Gasteiger partial charge in [-0.05, 0) is 18.2 Å². The van der Waals surface area contributed by atoms with Crippen molar-refractivity contribution in [2.75, 3.05) is 16.8 Å². The van der Waals surface area contributed by atoms with E-state index in [1.165, 1.54) is 6.07 Å². The summed E-state index contributed by atoms with van der Waals surface area (Å²) in [6.07, 6.45) is -4.53. The summed E-state index contributed by atoms with van der Waals surface area (Å²) in [5.74, 6) is -3.43. The Balaban J connectivity index is 2.67. The van der Waals surface area contributed by atoms with E-state index in [0.717, 1.165) is 18.2 Å². The molecule has 0 aliphatic heterocycles. The van der Waals surface area contributed by atoms with E-state index in [0.29, 0.717) is 0 Å². The molecule has 1 aromatic carbocycles. The molecule has 0 fully saturated rings.